The molecule has 0 saturated heterocycles. The van der Waals surface area contributed by atoms with Crippen LogP contribution in [0.3, 0.4) is 0 Å². The second-order valence-corrected chi connectivity index (χ2v) is 1.92. The number of aromatic nitrogens is 2. The summed E-state index contributed by atoms with van der Waals surface area (Å²) in [4.78, 5) is 6.13. The summed E-state index contributed by atoms with van der Waals surface area (Å²) >= 11 is 0. The van der Waals surface area contributed by atoms with Crippen LogP contribution in [0.25, 0.3) is 0 Å². The van der Waals surface area contributed by atoms with Crippen LogP contribution in [0, 0.1) is 0 Å². The number of hydrogen-bond donors (Lipinski definition) is 1. The minimum absolute atomic E-state index is 0.123. The molecule has 2 nitrogen and oxygen atoms in total. The first-order valence-corrected chi connectivity index (χ1v) is 3.06. The zero-order valence-electron chi connectivity index (χ0n) is 5.56. The van der Waals surface area contributed by atoms with Gasteiger partial charge in [-0.2, -0.15) is 0 Å². The van der Waals surface area contributed by atoms with Gasteiger partial charge in [-0.15, -0.1) is 0 Å². The van der Waals surface area contributed by atoms with Crippen LogP contribution in [-0.4, -0.2) is 9.97 Å². The molecule has 0 aliphatic rings. The SMILES string of the molecule is CCc1[nH]cnc1C(F)F. The van der Waals surface area contributed by atoms with Crippen LogP contribution >= 0.6 is 0 Å². The molecule has 0 saturated carbocycles. The van der Waals surface area contributed by atoms with Gasteiger partial charge in [0.2, 0.25) is 0 Å². The summed E-state index contributed by atoms with van der Waals surface area (Å²) in [6, 6.07) is 0. The van der Waals surface area contributed by atoms with E-state index in [2.05, 4.69) is 9.97 Å². The third kappa shape index (κ3) is 1.15. The Hall–Kier alpha value is -0.930. The average molecular weight is 146 g/mol. The number of nitrogens with zero attached hydrogens (tertiary/aromatic N) is 1. The number of rotatable bonds is 2. The van der Waals surface area contributed by atoms with Gasteiger partial charge in [-0.3, -0.25) is 0 Å². The lowest BCUT2D eigenvalue weighted by Crippen LogP contribution is -1.90. The fraction of sp³-hybridized carbons (Fsp3) is 0.500. The molecule has 0 amide bonds. The lowest BCUT2D eigenvalue weighted by atomic mass is 10.3. The summed E-state index contributed by atoms with van der Waals surface area (Å²) in [5.41, 5.74) is 0.400. The van der Waals surface area contributed by atoms with Gasteiger partial charge in [0.15, 0.2) is 0 Å². The van der Waals surface area contributed by atoms with Gasteiger partial charge in [0.25, 0.3) is 6.43 Å². The first kappa shape index (κ1) is 7.18. The first-order valence-electron chi connectivity index (χ1n) is 3.06. The molecule has 0 aliphatic heterocycles. The summed E-state index contributed by atoms with van der Waals surface area (Å²) in [6.45, 7) is 1.80. The van der Waals surface area contributed by atoms with Gasteiger partial charge in [-0.25, -0.2) is 13.8 Å². The van der Waals surface area contributed by atoms with E-state index in [9.17, 15) is 8.78 Å². The molecule has 4 heteroatoms. The molecular weight excluding hydrogens is 138 g/mol. The van der Waals surface area contributed by atoms with Crippen molar-refractivity contribution in [3.8, 4) is 0 Å². The smallest absolute Gasteiger partial charge is 0.282 e. The Balaban J connectivity index is 2.90. The predicted octanol–water partition coefficient (Wildman–Crippen LogP) is 1.91. The maximum absolute atomic E-state index is 12.0. The molecule has 1 N–H and O–H groups in total. The summed E-state index contributed by atoms with van der Waals surface area (Å²) in [7, 11) is 0. The zero-order valence-corrected chi connectivity index (χ0v) is 5.56. The van der Waals surface area contributed by atoms with E-state index in [1.54, 1.807) is 6.92 Å². The summed E-state index contributed by atoms with van der Waals surface area (Å²) < 4.78 is 23.9. The Kier molecular flexibility index (Phi) is 1.99. The van der Waals surface area contributed by atoms with E-state index < -0.39 is 6.43 Å². The standard InChI is InChI=1S/C6H8F2N2/c1-2-4-5(6(7)8)10-3-9-4/h3,6H,2H2,1H3,(H,9,10). The highest BCUT2D eigenvalue weighted by Crippen LogP contribution is 2.18. The minimum atomic E-state index is -2.46. The van der Waals surface area contributed by atoms with Crippen molar-refractivity contribution in [3.05, 3.63) is 17.7 Å². The van der Waals surface area contributed by atoms with Crippen LogP contribution in [0.2, 0.25) is 0 Å². The van der Waals surface area contributed by atoms with Crippen LogP contribution in [-0.2, 0) is 6.42 Å². The van der Waals surface area contributed by atoms with Gasteiger partial charge < -0.3 is 4.98 Å². The quantitative estimate of drug-likeness (QED) is 0.678. The number of hydrogen-bond acceptors (Lipinski definition) is 1. The molecular formula is C6H8F2N2. The summed E-state index contributed by atoms with van der Waals surface area (Å²) in [6.07, 6.45) is -0.596. The van der Waals surface area contributed by atoms with Crippen molar-refractivity contribution < 1.29 is 8.78 Å². The van der Waals surface area contributed by atoms with Gasteiger partial charge >= 0.3 is 0 Å². The van der Waals surface area contributed by atoms with E-state index in [0.29, 0.717) is 12.1 Å². The Labute approximate surface area is 57.3 Å². The summed E-state index contributed by atoms with van der Waals surface area (Å²) in [5.74, 6) is 0. The number of halogens is 2. The number of imidazole rings is 1. The highest BCUT2D eigenvalue weighted by Gasteiger charge is 2.13. The van der Waals surface area contributed by atoms with Crippen molar-refractivity contribution in [3.63, 3.8) is 0 Å². The first-order chi connectivity index (χ1) is 4.75. The van der Waals surface area contributed by atoms with E-state index in [-0.39, 0.29) is 5.69 Å². The molecule has 0 atom stereocenters. The largest absolute Gasteiger partial charge is 0.348 e. The third-order valence-corrected chi connectivity index (χ3v) is 1.31. The van der Waals surface area contributed by atoms with E-state index in [0.717, 1.165) is 0 Å². The molecule has 0 aromatic carbocycles. The molecule has 0 spiro atoms. The van der Waals surface area contributed by atoms with Crippen molar-refractivity contribution in [1.82, 2.24) is 9.97 Å². The van der Waals surface area contributed by atoms with Crippen molar-refractivity contribution in [2.45, 2.75) is 19.8 Å². The van der Waals surface area contributed by atoms with Crippen LogP contribution in [0.15, 0.2) is 6.33 Å². The highest BCUT2D eigenvalue weighted by molar-refractivity contribution is 5.11. The molecule has 1 aromatic rings. The zero-order chi connectivity index (χ0) is 7.56. The summed E-state index contributed by atoms with van der Waals surface area (Å²) in [5, 5.41) is 0. The van der Waals surface area contributed by atoms with Crippen LogP contribution in [0.5, 0.6) is 0 Å². The number of alkyl halides is 2. The van der Waals surface area contributed by atoms with E-state index in [1.807, 2.05) is 0 Å². The van der Waals surface area contributed by atoms with E-state index in [1.165, 1.54) is 6.33 Å². The van der Waals surface area contributed by atoms with Gasteiger partial charge in [0, 0.05) is 5.69 Å². The van der Waals surface area contributed by atoms with Gasteiger partial charge in [-0.05, 0) is 6.42 Å². The van der Waals surface area contributed by atoms with Gasteiger partial charge in [0.1, 0.15) is 5.69 Å². The second-order valence-electron chi connectivity index (χ2n) is 1.92. The molecule has 1 heterocycles. The molecule has 56 valence electrons. The van der Waals surface area contributed by atoms with Crippen LogP contribution in [0.1, 0.15) is 24.7 Å². The Morgan fingerprint density at radius 2 is 2.40 bits per heavy atom. The number of aromatic amines is 1. The number of H-pyrrole nitrogens is 1. The molecule has 0 unspecified atom stereocenters. The van der Waals surface area contributed by atoms with Crippen molar-refractivity contribution in [2.75, 3.05) is 0 Å². The normalized spacial score (nSPS) is 10.8. The highest BCUT2D eigenvalue weighted by atomic mass is 19.3. The van der Waals surface area contributed by atoms with Crippen LogP contribution in [0.4, 0.5) is 8.78 Å². The van der Waals surface area contributed by atoms with Crippen molar-refractivity contribution >= 4 is 0 Å². The monoisotopic (exact) mass is 146 g/mol. The predicted molar refractivity (Wildman–Crippen MR) is 32.9 cm³/mol. The molecule has 1 aromatic heterocycles. The molecule has 0 bridgehead atoms. The van der Waals surface area contributed by atoms with E-state index in [4.69, 9.17) is 0 Å². The van der Waals surface area contributed by atoms with Gasteiger partial charge in [0.05, 0.1) is 6.33 Å². The van der Waals surface area contributed by atoms with Crippen molar-refractivity contribution in [2.24, 2.45) is 0 Å². The molecule has 0 fully saturated rings. The minimum Gasteiger partial charge on any atom is -0.348 e. The average Bonchev–Trinajstić information content (AvgIpc) is 2.33. The Bertz CT molecular complexity index is 207. The van der Waals surface area contributed by atoms with Gasteiger partial charge in [-0.1, -0.05) is 6.92 Å². The Morgan fingerprint density at radius 3 is 2.80 bits per heavy atom. The lowest BCUT2D eigenvalue weighted by molar-refractivity contribution is 0.145. The Morgan fingerprint density at radius 1 is 1.70 bits per heavy atom. The number of nitrogens with one attached hydrogen (secondary N) is 1. The third-order valence-electron chi connectivity index (χ3n) is 1.31. The molecule has 10 heavy (non-hydrogen) atoms. The molecule has 0 radical (unpaired) electrons. The maximum atomic E-state index is 12.0. The van der Waals surface area contributed by atoms with Crippen LogP contribution < -0.4 is 0 Å². The fourth-order valence-electron chi connectivity index (χ4n) is 0.803. The topological polar surface area (TPSA) is 28.7 Å². The van der Waals surface area contributed by atoms with Crippen molar-refractivity contribution in [1.29, 1.82) is 0 Å². The lowest BCUT2D eigenvalue weighted by Gasteiger charge is -1.95. The molecule has 0 aliphatic carbocycles. The second kappa shape index (κ2) is 2.77. The fourth-order valence-corrected chi connectivity index (χ4v) is 0.803. The molecule has 1 rings (SSSR count). The number of aryl methyl sites for hydroxylation is 1. The van der Waals surface area contributed by atoms with E-state index >= 15 is 0 Å². The maximum Gasteiger partial charge on any atom is 0.282 e.